The van der Waals surface area contributed by atoms with Gasteiger partial charge in [-0.25, -0.2) is 22.8 Å². The number of benzene rings is 2. The van der Waals surface area contributed by atoms with Crippen LogP contribution in [0.15, 0.2) is 30.3 Å². The van der Waals surface area contributed by atoms with Crippen molar-refractivity contribution >= 4 is 23.9 Å². The summed E-state index contributed by atoms with van der Waals surface area (Å²) in [4.78, 5) is 52.3. The number of rotatable bonds is 14. The van der Waals surface area contributed by atoms with Crippen LogP contribution in [0.5, 0.6) is 5.75 Å². The van der Waals surface area contributed by atoms with Crippen LogP contribution in [0, 0.1) is 40.9 Å². The van der Waals surface area contributed by atoms with Gasteiger partial charge in [-0.1, -0.05) is 58.0 Å². The lowest BCUT2D eigenvalue weighted by atomic mass is 9.98. The van der Waals surface area contributed by atoms with Crippen molar-refractivity contribution in [1.82, 2.24) is 16.0 Å². The van der Waals surface area contributed by atoms with Gasteiger partial charge in [0.05, 0.1) is 6.04 Å². The van der Waals surface area contributed by atoms with E-state index in [1.165, 1.54) is 0 Å². The molecule has 4 unspecified atom stereocenters. The molecule has 0 spiro atoms. The molecule has 48 heavy (non-hydrogen) atoms. The molecule has 15 heteroatoms. The van der Waals surface area contributed by atoms with Gasteiger partial charge in [-0.2, -0.15) is 8.78 Å². The van der Waals surface area contributed by atoms with Crippen LogP contribution < -0.4 is 20.7 Å². The van der Waals surface area contributed by atoms with Crippen molar-refractivity contribution in [3.05, 3.63) is 65.0 Å². The highest BCUT2D eigenvalue weighted by atomic mass is 19.2. The fourth-order valence-corrected chi connectivity index (χ4v) is 4.52. The Morgan fingerprint density at radius 3 is 1.71 bits per heavy atom. The van der Waals surface area contributed by atoms with Crippen LogP contribution in [0.2, 0.25) is 0 Å². The van der Waals surface area contributed by atoms with Crippen LogP contribution in [0.3, 0.4) is 0 Å². The Hall–Kier alpha value is -4.27. The van der Waals surface area contributed by atoms with Crippen LogP contribution in [0.25, 0.3) is 0 Å². The highest BCUT2D eigenvalue weighted by molar-refractivity contribution is 5.92. The first kappa shape index (κ1) is 39.9. The number of amides is 3. The summed E-state index contributed by atoms with van der Waals surface area (Å²) in [6, 6.07) is 4.37. The Kier molecular flexibility index (Phi) is 14.3. The predicted molar refractivity (Wildman–Crippen MR) is 164 cm³/mol. The van der Waals surface area contributed by atoms with Crippen LogP contribution in [0.4, 0.5) is 26.7 Å². The predicted octanol–water partition coefficient (Wildman–Crippen LogP) is 4.85. The molecule has 0 heterocycles. The van der Waals surface area contributed by atoms with Gasteiger partial charge < -0.3 is 30.5 Å². The van der Waals surface area contributed by atoms with E-state index in [4.69, 9.17) is 4.74 Å². The topological polar surface area (TPSA) is 143 Å². The molecule has 0 saturated carbocycles. The molecule has 0 fully saturated rings. The van der Waals surface area contributed by atoms with Gasteiger partial charge in [-0.3, -0.25) is 9.59 Å². The minimum absolute atomic E-state index is 0.00426. The van der Waals surface area contributed by atoms with E-state index in [9.17, 15) is 46.2 Å². The molecule has 2 aromatic carbocycles. The van der Waals surface area contributed by atoms with Gasteiger partial charge >= 0.3 is 12.1 Å². The molecule has 4 atom stereocenters. The molecule has 0 aliphatic heterocycles. The van der Waals surface area contributed by atoms with E-state index in [1.807, 2.05) is 0 Å². The van der Waals surface area contributed by atoms with Crippen molar-refractivity contribution < 1.29 is 55.7 Å². The average molecular weight is 688 g/mol. The first-order valence-corrected chi connectivity index (χ1v) is 15.3. The second-order valence-electron chi connectivity index (χ2n) is 13.1. The van der Waals surface area contributed by atoms with Gasteiger partial charge in [0, 0.05) is 0 Å². The third kappa shape index (κ3) is 11.8. The van der Waals surface area contributed by atoms with Crippen LogP contribution in [-0.2, 0) is 25.5 Å². The van der Waals surface area contributed by atoms with Crippen molar-refractivity contribution in [1.29, 1.82) is 0 Å². The monoisotopic (exact) mass is 687 g/mol. The minimum atomic E-state index is -2.45. The Morgan fingerprint density at radius 2 is 1.21 bits per heavy atom. The Balaban J connectivity index is 2.31. The Bertz CT molecular complexity index is 1420. The number of hydrogen-bond donors (Lipinski definition) is 4. The molecule has 266 valence electrons. The zero-order valence-electron chi connectivity index (χ0n) is 27.8. The fraction of sp³-hybridized carbons (Fsp3) is 0.515. The van der Waals surface area contributed by atoms with Gasteiger partial charge in [0.25, 0.3) is 5.91 Å². The van der Waals surface area contributed by atoms with Gasteiger partial charge in [0.1, 0.15) is 17.7 Å². The number of carbonyl (C=O) groups excluding carboxylic acids is 4. The summed E-state index contributed by atoms with van der Waals surface area (Å²) in [6.45, 7) is 11.6. The number of halogens is 5. The lowest BCUT2D eigenvalue weighted by molar-refractivity contribution is -0.141. The third-order valence-corrected chi connectivity index (χ3v) is 6.67. The standard InChI is InChI=1S/C33H42F5N3O7/c1-16(2)13-20(39-30(44)27(42)19(15-18-11-9-8-10-12-18)41-32(46)48-33(5,6)7)29(43)40-21(14-17(3)4)31(45)47-28-25(37)23(35)22(34)24(36)26(28)38/h8-12,16-17,19-21,27,42H,13-15H2,1-7H3,(H,39,44)(H,40,43)(H,41,46). The van der Waals surface area contributed by atoms with Crippen molar-refractivity contribution in [3.63, 3.8) is 0 Å². The molecule has 2 rings (SSSR count). The zero-order chi connectivity index (χ0) is 36.5. The van der Waals surface area contributed by atoms with Crippen LogP contribution in [0.1, 0.15) is 66.9 Å². The molecule has 4 N–H and O–H groups in total. The number of carbonyl (C=O) groups is 4. The summed E-state index contributed by atoms with van der Waals surface area (Å²) in [6.07, 6.45) is -3.02. The number of esters is 1. The number of nitrogens with one attached hydrogen (secondary N) is 3. The molecule has 0 radical (unpaired) electrons. The van der Waals surface area contributed by atoms with Crippen molar-refractivity contribution in [3.8, 4) is 5.75 Å². The van der Waals surface area contributed by atoms with E-state index in [-0.39, 0.29) is 31.1 Å². The van der Waals surface area contributed by atoms with E-state index < -0.39 is 88.5 Å². The third-order valence-electron chi connectivity index (χ3n) is 6.67. The highest BCUT2D eigenvalue weighted by Gasteiger charge is 2.35. The summed E-state index contributed by atoms with van der Waals surface area (Å²) in [5.74, 6) is -17.8. The second-order valence-corrected chi connectivity index (χ2v) is 13.1. The number of hydrogen-bond acceptors (Lipinski definition) is 7. The van der Waals surface area contributed by atoms with E-state index in [1.54, 1.807) is 78.8 Å². The van der Waals surface area contributed by atoms with Gasteiger partial charge in [-0.05, 0) is 57.4 Å². The lowest BCUT2D eigenvalue weighted by Gasteiger charge is -2.28. The first-order chi connectivity index (χ1) is 22.2. The maximum Gasteiger partial charge on any atom is 0.407 e. The van der Waals surface area contributed by atoms with Crippen LogP contribution in [-0.4, -0.2) is 58.8 Å². The van der Waals surface area contributed by atoms with E-state index >= 15 is 0 Å². The quantitative estimate of drug-likeness (QED) is 0.0732. The maximum absolute atomic E-state index is 14.2. The van der Waals surface area contributed by atoms with Crippen molar-refractivity contribution in [2.45, 2.75) is 97.6 Å². The normalized spacial score (nSPS) is 14.1. The lowest BCUT2D eigenvalue weighted by Crippen LogP contribution is -2.58. The summed E-state index contributed by atoms with van der Waals surface area (Å²) in [7, 11) is 0. The van der Waals surface area contributed by atoms with Crippen molar-refractivity contribution in [2.75, 3.05) is 0 Å². The molecular weight excluding hydrogens is 645 g/mol. The van der Waals surface area contributed by atoms with Crippen molar-refractivity contribution in [2.24, 2.45) is 11.8 Å². The smallest absolute Gasteiger partial charge is 0.407 e. The summed E-state index contributed by atoms with van der Waals surface area (Å²) < 4.78 is 79.1. The number of alkyl carbamates (subject to hydrolysis) is 1. The fourth-order valence-electron chi connectivity index (χ4n) is 4.52. The molecule has 0 aliphatic rings. The first-order valence-electron chi connectivity index (χ1n) is 15.3. The SMILES string of the molecule is CC(C)CC(NC(=O)C(O)C(Cc1ccccc1)NC(=O)OC(C)(C)C)C(=O)NC(CC(C)C)C(=O)Oc1c(F)c(F)c(F)c(F)c1F. The van der Waals surface area contributed by atoms with Gasteiger partial charge in [-0.15, -0.1) is 0 Å². The van der Waals surface area contributed by atoms with E-state index in [0.717, 1.165) is 0 Å². The summed E-state index contributed by atoms with van der Waals surface area (Å²) in [5.41, 5.74) is -0.232. The van der Waals surface area contributed by atoms with Gasteiger partial charge in [0.15, 0.2) is 6.10 Å². The molecule has 2 aromatic rings. The Morgan fingerprint density at radius 1 is 0.729 bits per heavy atom. The highest BCUT2D eigenvalue weighted by Crippen LogP contribution is 2.29. The molecule has 0 saturated heterocycles. The number of ether oxygens (including phenoxy) is 2. The second kappa shape index (κ2) is 17.2. The van der Waals surface area contributed by atoms with Gasteiger partial charge in [0.2, 0.25) is 40.7 Å². The minimum Gasteiger partial charge on any atom is -0.444 e. The molecule has 10 nitrogen and oxygen atoms in total. The average Bonchev–Trinajstić information content (AvgIpc) is 2.98. The summed E-state index contributed by atoms with van der Waals surface area (Å²) in [5, 5.41) is 18.3. The molecule has 0 bridgehead atoms. The van der Waals surface area contributed by atoms with E-state index in [2.05, 4.69) is 20.7 Å². The number of aliphatic hydroxyl groups is 1. The summed E-state index contributed by atoms with van der Waals surface area (Å²) >= 11 is 0. The van der Waals surface area contributed by atoms with E-state index in [0.29, 0.717) is 5.56 Å². The maximum atomic E-state index is 14.2. The molecule has 0 aliphatic carbocycles. The Labute approximate surface area is 275 Å². The molecular formula is C33H42F5N3O7. The molecule has 0 aromatic heterocycles. The van der Waals surface area contributed by atoms with Crippen LogP contribution >= 0.6 is 0 Å². The number of aliphatic hydroxyl groups excluding tert-OH is 1. The molecule has 3 amide bonds. The zero-order valence-corrected chi connectivity index (χ0v) is 27.8. The largest absolute Gasteiger partial charge is 0.444 e.